The largest absolute Gasteiger partial charge is 0.466 e. The average Bonchev–Trinajstić information content (AvgIpc) is 2.31. The van der Waals surface area contributed by atoms with Gasteiger partial charge in [0.25, 0.3) is 0 Å². The van der Waals surface area contributed by atoms with Crippen molar-refractivity contribution in [2.45, 2.75) is 33.6 Å². The van der Waals surface area contributed by atoms with Gasteiger partial charge in [-0.25, -0.2) is 9.97 Å². The molecule has 1 N–H and O–H groups in total. The number of nitrogens with zero attached hydrogens (tertiary/aromatic N) is 2. The molecule has 0 radical (unpaired) electrons. The molecule has 1 aromatic rings. The third-order valence-electron chi connectivity index (χ3n) is 2.35. The molecular formula is C12H18ClN3O2. The van der Waals surface area contributed by atoms with Gasteiger partial charge in [0.15, 0.2) is 0 Å². The fourth-order valence-electron chi connectivity index (χ4n) is 1.44. The molecule has 0 atom stereocenters. The van der Waals surface area contributed by atoms with Crippen LogP contribution in [0.15, 0.2) is 0 Å². The molecule has 1 aromatic heterocycles. The molecule has 0 saturated heterocycles. The molecule has 6 heteroatoms. The zero-order valence-corrected chi connectivity index (χ0v) is 11.7. The second kappa shape index (κ2) is 7.16. The molecule has 0 spiro atoms. The van der Waals surface area contributed by atoms with E-state index in [9.17, 15) is 4.79 Å². The second-order valence-electron chi connectivity index (χ2n) is 3.87. The monoisotopic (exact) mass is 271 g/mol. The van der Waals surface area contributed by atoms with Crippen molar-refractivity contribution in [1.82, 2.24) is 9.97 Å². The summed E-state index contributed by atoms with van der Waals surface area (Å²) in [5.74, 6) is 1.17. The molecule has 100 valence electrons. The Hall–Kier alpha value is -1.36. The van der Waals surface area contributed by atoms with E-state index in [0.717, 1.165) is 11.4 Å². The third kappa shape index (κ3) is 4.49. The average molecular weight is 272 g/mol. The van der Waals surface area contributed by atoms with E-state index in [4.69, 9.17) is 16.3 Å². The number of carbonyl (C=O) groups excluding carboxylic acids is 1. The van der Waals surface area contributed by atoms with Crippen molar-refractivity contribution in [3.63, 3.8) is 0 Å². The van der Waals surface area contributed by atoms with Crippen molar-refractivity contribution in [2.24, 2.45) is 0 Å². The van der Waals surface area contributed by atoms with Crippen LogP contribution in [0.1, 0.15) is 31.2 Å². The second-order valence-corrected chi connectivity index (χ2v) is 4.23. The molecule has 0 saturated carbocycles. The molecule has 0 unspecified atom stereocenters. The molecule has 0 amide bonds. The van der Waals surface area contributed by atoms with Gasteiger partial charge in [-0.1, -0.05) is 11.6 Å². The maximum atomic E-state index is 11.1. The summed E-state index contributed by atoms with van der Waals surface area (Å²) in [6.45, 7) is 6.51. The number of aryl methyl sites for hydroxylation is 1. The predicted octanol–water partition coefficient (Wildman–Crippen LogP) is 2.50. The number of rotatable bonds is 6. The fraction of sp³-hybridized carbons (Fsp3) is 0.583. The Morgan fingerprint density at radius 3 is 2.78 bits per heavy atom. The van der Waals surface area contributed by atoms with E-state index in [1.807, 2.05) is 6.92 Å². The number of esters is 1. The van der Waals surface area contributed by atoms with Crippen LogP contribution in [0.2, 0.25) is 5.15 Å². The number of nitrogens with one attached hydrogen (secondary N) is 1. The summed E-state index contributed by atoms with van der Waals surface area (Å²) in [5.41, 5.74) is 0.818. The number of ether oxygens (including phenoxy) is 1. The first-order chi connectivity index (χ1) is 8.54. The van der Waals surface area contributed by atoms with Gasteiger partial charge in [-0.2, -0.15) is 0 Å². The molecule has 5 nitrogen and oxygen atoms in total. The van der Waals surface area contributed by atoms with Gasteiger partial charge in [-0.3, -0.25) is 4.79 Å². The van der Waals surface area contributed by atoms with Gasteiger partial charge >= 0.3 is 5.97 Å². The number of carbonyl (C=O) groups is 1. The summed E-state index contributed by atoms with van der Waals surface area (Å²) in [5, 5.41) is 3.60. The Labute approximate surface area is 112 Å². The van der Waals surface area contributed by atoms with E-state index in [1.54, 1.807) is 13.8 Å². The molecule has 0 fully saturated rings. The normalized spacial score (nSPS) is 10.2. The van der Waals surface area contributed by atoms with Crippen LogP contribution in [0.25, 0.3) is 0 Å². The van der Waals surface area contributed by atoms with Crippen LogP contribution in [0, 0.1) is 13.8 Å². The highest BCUT2D eigenvalue weighted by molar-refractivity contribution is 6.30. The van der Waals surface area contributed by atoms with Gasteiger partial charge in [0.2, 0.25) is 0 Å². The van der Waals surface area contributed by atoms with Gasteiger partial charge in [-0.05, 0) is 27.2 Å². The molecular weight excluding hydrogens is 254 g/mol. The quantitative estimate of drug-likeness (QED) is 0.489. The van der Waals surface area contributed by atoms with E-state index in [0.29, 0.717) is 37.0 Å². The smallest absolute Gasteiger partial charge is 0.305 e. The van der Waals surface area contributed by atoms with E-state index in [-0.39, 0.29) is 5.97 Å². The van der Waals surface area contributed by atoms with Crippen molar-refractivity contribution < 1.29 is 9.53 Å². The molecule has 0 aromatic carbocycles. The van der Waals surface area contributed by atoms with E-state index >= 15 is 0 Å². The fourth-order valence-corrected chi connectivity index (χ4v) is 1.65. The standard InChI is InChI=1S/C12H18ClN3O2/c1-4-18-10(17)6-5-7-14-12-8(2)11(13)15-9(3)16-12/h4-7H2,1-3H3,(H,14,15,16). The number of hydrogen-bond acceptors (Lipinski definition) is 5. The molecule has 1 rings (SSSR count). The van der Waals surface area contributed by atoms with Crippen molar-refractivity contribution in [3.05, 3.63) is 16.5 Å². The lowest BCUT2D eigenvalue weighted by atomic mass is 10.3. The Balaban J connectivity index is 2.42. The van der Waals surface area contributed by atoms with Crippen LogP contribution in [0.4, 0.5) is 5.82 Å². The van der Waals surface area contributed by atoms with Crippen molar-refractivity contribution >= 4 is 23.4 Å². The van der Waals surface area contributed by atoms with Gasteiger partial charge in [0.05, 0.1) is 6.61 Å². The van der Waals surface area contributed by atoms with Gasteiger partial charge in [-0.15, -0.1) is 0 Å². The lowest BCUT2D eigenvalue weighted by Crippen LogP contribution is -2.10. The first kappa shape index (κ1) is 14.7. The van der Waals surface area contributed by atoms with Crippen molar-refractivity contribution in [3.8, 4) is 0 Å². The highest BCUT2D eigenvalue weighted by atomic mass is 35.5. The summed E-state index contributed by atoms with van der Waals surface area (Å²) >= 11 is 5.96. The highest BCUT2D eigenvalue weighted by Gasteiger charge is 2.07. The minimum Gasteiger partial charge on any atom is -0.466 e. The van der Waals surface area contributed by atoms with E-state index in [1.165, 1.54) is 0 Å². The number of anilines is 1. The summed E-state index contributed by atoms with van der Waals surface area (Å²) in [6, 6.07) is 0. The maximum Gasteiger partial charge on any atom is 0.305 e. The van der Waals surface area contributed by atoms with Gasteiger partial charge in [0, 0.05) is 18.5 Å². The van der Waals surface area contributed by atoms with Crippen molar-refractivity contribution in [1.29, 1.82) is 0 Å². The van der Waals surface area contributed by atoms with Gasteiger partial charge in [0.1, 0.15) is 16.8 Å². The molecule has 1 heterocycles. The van der Waals surface area contributed by atoms with Crippen LogP contribution in [-0.4, -0.2) is 29.1 Å². The summed E-state index contributed by atoms with van der Waals surface area (Å²) in [7, 11) is 0. The molecule has 0 bridgehead atoms. The Morgan fingerprint density at radius 1 is 1.39 bits per heavy atom. The summed E-state index contributed by atoms with van der Waals surface area (Å²) < 4.78 is 4.84. The van der Waals surface area contributed by atoms with Crippen molar-refractivity contribution in [2.75, 3.05) is 18.5 Å². The van der Waals surface area contributed by atoms with Crippen LogP contribution < -0.4 is 5.32 Å². The lowest BCUT2D eigenvalue weighted by Gasteiger charge is -2.09. The lowest BCUT2D eigenvalue weighted by molar-refractivity contribution is -0.143. The first-order valence-corrected chi connectivity index (χ1v) is 6.32. The zero-order valence-electron chi connectivity index (χ0n) is 10.9. The summed E-state index contributed by atoms with van der Waals surface area (Å²) in [4.78, 5) is 19.5. The highest BCUT2D eigenvalue weighted by Crippen LogP contribution is 2.19. The topological polar surface area (TPSA) is 64.1 Å². The molecule has 0 aliphatic rings. The van der Waals surface area contributed by atoms with Crippen LogP contribution in [0.3, 0.4) is 0 Å². The van der Waals surface area contributed by atoms with Gasteiger partial charge < -0.3 is 10.1 Å². The first-order valence-electron chi connectivity index (χ1n) is 5.94. The zero-order chi connectivity index (χ0) is 13.5. The predicted molar refractivity (Wildman–Crippen MR) is 70.9 cm³/mol. The van der Waals surface area contributed by atoms with Crippen LogP contribution in [0.5, 0.6) is 0 Å². The number of halogens is 1. The summed E-state index contributed by atoms with van der Waals surface area (Å²) in [6.07, 6.45) is 1.09. The SMILES string of the molecule is CCOC(=O)CCCNc1nc(C)nc(Cl)c1C. The van der Waals surface area contributed by atoms with E-state index in [2.05, 4.69) is 15.3 Å². The van der Waals surface area contributed by atoms with Crippen LogP contribution >= 0.6 is 11.6 Å². The Bertz CT molecular complexity index is 424. The van der Waals surface area contributed by atoms with Crippen LogP contribution in [-0.2, 0) is 9.53 Å². The third-order valence-corrected chi connectivity index (χ3v) is 2.72. The Morgan fingerprint density at radius 2 is 2.11 bits per heavy atom. The minimum atomic E-state index is -0.173. The Kier molecular flexibility index (Phi) is 5.85. The maximum absolute atomic E-state index is 11.1. The molecule has 18 heavy (non-hydrogen) atoms. The minimum absolute atomic E-state index is 0.173. The molecule has 0 aliphatic carbocycles. The molecule has 0 aliphatic heterocycles. The van der Waals surface area contributed by atoms with E-state index < -0.39 is 0 Å². The number of aromatic nitrogens is 2. The number of hydrogen-bond donors (Lipinski definition) is 1.